The smallest absolute Gasteiger partial charge is 0.185 e. The van der Waals surface area contributed by atoms with Gasteiger partial charge in [0.15, 0.2) is 12.0 Å². The average molecular weight is 367 g/mol. The van der Waals surface area contributed by atoms with E-state index in [0.717, 1.165) is 42.6 Å². The van der Waals surface area contributed by atoms with E-state index in [9.17, 15) is 4.79 Å². The molecule has 0 saturated heterocycles. The molecule has 0 fully saturated rings. The van der Waals surface area contributed by atoms with Gasteiger partial charge in [-0.15, -0.1) is 0 Å². The highest BCUT2D eigenvalue weighted by Crippen LogP contribution is 2.50. The van der Waals surface area contributed by atoms with E-state index in [1.165, 1.54) is 29.5 Å². The fourth-order valence-corrected chi connectivity index (χ4v) is 5.02. The molecule has 4 rings (SSSR count). The highest BCUT2D eigenvalue weighted by atomic mass is 16.5. The average Bonchev–Trinajstić information content (AvgIpc) is 3.08. The second kappa shape index (κ2) is 6.25. The zero-order valence-corrected chi connectivity index (χ0v) is 17.1. The van der Waals surface area contributed by atoms with Crippen molar-refractivity contribution in [1.82, 2.24) is 0 Å². The second-order valence-electron chi connectivity index (χ2n) is 9.50. The van der Waals surface area contributed by atoms with Gasteiger partial charge in [0.05, 0.1) is 7.11 Å². The van der Waals surface area contributed by atoms with Gasteiger partial charge in [0.2, 0.25) is 0 Å². The van der Waals surface area contributed by atoms with Crippen LogP contribution in [0.15, 0.2) is 22.6 Å². The maximum absolute atomic E-state index is 11.2. The number of carbonyl (C=O) groups is 1. The lowest BCUT2D eigenvalue weighted by Crippen LogP contribution is -2.34. The van der Waals surface area contributed by atoms with Crippen molar-refractivity contribution in [2.75, 3.05) is 7.11 Å². The minimum atomic E-state index is 0.160. The maximum Gasteiger partial charge on any atom is 0.185 e. The minimum absolute atomic E-state index is 0.160. The summed E-state index contributed by atoms with van der Waals surface area (Å²) >= 11 is 0. The molecule has 144 valence electrons. The predicted octanol–water partition coefficient (Wildman–Crippen LogP) is 5.92. The molecule has 1 atom stereocenters. The number of furan rings is 1. The monoisotopic (exact) mass is 366 g/mol. The second-order valence-corrected chi connectivity index (χ2v) is 9.50. The van der Waals surface area contributed by atoms with Crippen LogP contribution in [0.5, 0.6) is 5.75 Å². The van der Waals surface area contributed by atoms with Crippen molar-refractivity contribution in [2.45, 2.75) is 76.5 Å². The molecule has 0 saturated carbocycles. The van der Waals surface area contributed by atoms with Crippen molar-refractivity contribution in [1.29, 1.82) is 0 Å². The summed E-state index contributed by atoms with van der Waals surface area (Å²) in [6.45, 7) is 9.38. The number of rotatable bonds is 3. The molecule has 1 aromatic heterocycles. The van der Waals surface area contributed by atoms with Crippen molar-refractivity contribution in [2.24, 2.45) is 0 Å². The van der Waals surface area contributed by atoms with Crippen LogP contribution < -0.4 is 4.74 Å². The number of aldehydes is 1. The van der Waals surface area contributed by atoms with E-state index in [4.69, 9.17) is 9.15 Å². The van der Waals surface area contributed by atoms with E-state index in [-0.39, 0.29) is 16.7 Å². The van der Waals surface area contributed by atoms with Gasteiger partial charge in [-0.25, -0.2) is 0 Å². The van der Waals surface area contributed by atoms with Crippen molar-refractivity contribution in [3.63, 3.8) is 0 Å². The summed E-state index contributed by atoms with van der Waals surface area (Å²) in [6, 6.07) is 6.60. The van der Waals surface area contributed by atoms with Gasteiger partial charge in [-0.1, -0.05) is 33.8 Å². The van der Waals surface area contributed by atoms with Crippen LogP contribution in [0.3, 0.4) is 0 Å². The van der Waals surface area contributed by atoms with Crippen LogP contribution >= 0.6 is 0 Å². The zero-order chi connectivity index (χ0) is 19.4. The Balaban J connectivity index is 1.90. The molecule has 0 N–H and O–H groups in total. The topological polar surface area (TPSA) is 39.4 Å². The van der Waals surface area contributed by atoms with Crippen LogP contribution in [0.25, 0.3) is 0 Å². The quantitative estimate of drug-likeness (QED) is 0.633. The molecule has 2 aliphatic carbocycles. The molecule has 0 radical (unpaired) electrons. The molecule has 3 nitrogen and oxygen atoms in total. The first-order valence-electron chi connectivity index (χ1n) is 10.1. The minimum Gasteiger partial charge on any atom is -0.496 e. The number of aryl methyl sites for hydroxylation is 1. The Bertz CT molecular complexity index is 885. The third-order valence-corrected chi connectivity index (χ3v) is 6.83. The molecular weight excluding hydrogens is 336 g/mol. The first-order chi connectivity index (χ1) is 12.8. The Hall–Kier alpha value is -2.03. The SMILES string of the molecule is COc1cc2c(cc1C1CCCc3oc(C=O)cc31)C(C)(C)CCC2(C)C. The Kier molecular flexibility index (Phi) is 4.25. The van der Waals surface area contributed by atoms with E-state index >= 15 is 0 Å². The Morgan fingerprint density at radius 2 is 1.70 bits per heavy atom. The van der Waals surface area contributed by atoms with E-state index < -0.39 is 0 Å². The summed E-state index contributed by atoms with van der Waals surface area (Å²) < 4.78 is 11.6. The first kappa shape index (κ1) is 18.3. The van der Waals surface area contributed by atoms with Gasteiger partial charge >= 0.3 is 0 Å². The van der Waals surface area contributed by atoms with Crippen LogP contribution in [0.2, 0.25) is 0 Å². The normalized spacial score (nSPS) is 22.6. The predicted molar refractivity (Wildman–Crippen MR) is 107 cm³/mol. The molecule has 0 amide bonds. The van der Waals surface area contributed by atoms with Gasteiger partial charge in [-0.2, -0.15) is 0 Å². The van der Waals surface area contributed by atoms with Gasteiger partial charge in [0.1, 0.15) is 11.5 Å². The molecule has 27 heavy (non-hydrogen) atoms. The van der Waals surface area contributed by atoms with Crippen LogP contribution in [0.1, 0.15) is 97.9 Å². The van der Waals surface area contributed by atoms with Gasteiger partial charge in [-0.05, 0) is 59.8 Å². The fourth-order valence-electron chi connectivity index (χ4n) is 5.02. The Morgan fingerprint density at radius 3 is 2.33 bits per heavy atom. The largest absolute Gasteiger partial charge is 0.496 e. The van der Waals surface area contributed by atoms with Gasteiger partial charge in [-0.3, -0.25) is 4.79 Å². The Morgan fingerprint density at radius 1 is 1.04 bits per heavy atom. The molecule has 1 heterocycles. The summed E-state index contributed by atoms with van der Waals surface area (Å²) in [5.41, 5.74) is 5.58. The number of carbonyl (C=O) groups excluding carboxylic acids is 1. The number of benzene rings is 1. The molecular formula is C24H30O3. The van der Waals surface area contributed by atoms with Crippen molar-refractivity contribution in [3.05, 3.63) is 52.0 Å². The molecule has 1 aromatic carbocycles. The summed E-state index contributed by atoms with van der Waals surface area (Å²) in [6.07, 6.45) is 6.22. The summed E-state index contributed by atoms with van der Waals surface area (Å²) in [4.78, 5) is 11.2. The summed E-state index contributed by atoms with van der Waals surface area (Å²) in [5.74, 6) is 2.59. The number of hydrogen-bond acceptors (Lipinski definition) is 3. The van der Waals surface area contributed by atoms with E-state index in [1.807, 2.05) is 6.07 Å². The van der Waals surface area contributed by atoms with Gasteiger partial charge < -0.3 is 9.15 Å². The third-order valence-electron chi connectivity index (χ3n) is 6.83. The molecule has 0 spiro atoms. The van der Waals surface area contributed by atoms with Crippen LogP contribution in [0.4, 0.5) is 0 Å². The molecule has 0 bridgehead atoms. The van der Waals surface area contributed by atoms with Crippen LogP contribution in [0, 0.1) is 0 Å². The fraction of sp³-hybridized carbons (Fsp3) is 0.542. The van der Waals surface area contributed by atoms with Crippen molar-refractivity contribution >= 4 is 6.29 Å². The third kappa shape index (κ3) is 2.92. The lowest BCUT2D eigenvalue weighted by Gasteiger charge is -2.42. The lowest BCUT2D eigenvalue weighted by molar-refractivity contribution is 0.109. The number of ether oxygens (including phenoxy) is 1. The first-order valence-corrected chi connectivity index (χ1v) is 10.1. The van der Waals surface area contributed by atoms with Crippen molar-refractivity contribution in [3.8, 4) is 5.75 Å². The summed E-state index contributed by atoms with van der Waals surface area (Å²) in [7, 11) is 1.77. The number of methoxy groups -OCH3 is 1. The maximum atomic E-state index is 11.2. The van der Waals surface area contributed by atoms with Crippen LogP contribution in [-0.2, 0) is 17.3 Å². The van der Waals surface area contributed by atoms with E-state index in [2.05, 4.69) is 39.8 Å². The molecule has 2 aliphatic rings. The van der Waals surface area contributed by atoms with Crippen LogP contribution in [-0.4, -0.2) is 13.4 Å². The Labute approximate surface area is 162 Å². The highest BCUT2D eigenvalue weighted by molar-refractivity contribution is 5.71. The van der Waals surface area contributed by atoms with Gasteiger partial charge in [0.25, 0.3) is 0 Å². The van der Waals surface area contributed by atoms with Gasteiger partial charge in [0, 0.05) is 23.5 Å². The molecule has 2 aromatic rings. The van der Waals surface area contributed by atoms with Crippen molar-refractivity contribution < 1.29 is 13.9 Å². The number of fused-ring (bicyclic) bond motifs is 2. The molecule has 0 aliphatic heterocycles. The number of hydrogen-bond donors (Lipinski definition) is 0. The summed E-state index contributed by atoms with van der Waals surface area (Å²) in [5, 5.41) is 0. The molecule has 3 heteroatoms. The van der Waals surface area contributed by atoms with E-state index in [1.54, 1.807) is 7.11 Å². The highest BCUT2D eigenvalue weighted by Gasteiger charge is 2.39. The molecule has 1 unspecified atom stereocenters. The standard InChI is InChI=1S/C24H30O3/c1-23(2)9-10-24(3,4)20-13-22(26-5)18(12-19(20)23)16-7-6-8-21-17(16)11-15(14-25)27-21/h11-14,16H,6-10H2,1-5H3. The lowest BCUT2D eigenvalue weighted by atomic mass is 9.62. The van der Waals surface area contributed by atoms with E-state index in [0.29, 0.717) is 5.76 Å². The zero-order valence-electron chi connectivity index (χ0n) is 17.1.